The lowest BCUT2D eigenvalue weighted by Crippen LogP contribution is -2.34. The van der Waals surface area contributed by atoms with Gasteiger partial charge in [0.05, 0.1) is 16.1 Å². The summed E-state index contributed by atoms with van der Waals surface area (Å²) >= 11 is 18.6. The highest BCUT2D eigenvalue weighted by molar-refractivity contribution is 7.80. The van der Waals surface area contributed by atoms with Crippen molar-refractivity contribution in [3.63, 3.8) is 0 Å². The third-order valence-corrected chi connectivity index (χ3v) is 6.31. The van der Waals surface area contributed by atoms with Crippen molar-refractivity contribution >= 4 is 68.7 Å². The molecule has 0 radical (unpaired) electrons. The molecule has 2 aromatic rings. The van der Waals surface area contributed by atoms with Crippen LogP contribution in [0, 0.1) is 5.92 Å². The first-order valence-electron chi connectivity index (χ1n) is 8.28. The van der Waals surface area contributed by atoms with E-state index in [1.54, 1.807) is 6.07 Å². The minimum absolute atomic E-state index is 0.0696. The molecule has 3 rings (SSSR count). The van der Waals surface area contributed by atoms with E-state index in [1.165, 1.54) is 23.5 Å². The number of anilines is 1. The molecule has 0 spiro atoms. The number of nitrogens with two attached hydrogens (primary N) is 1. The topological polar surface area (TPSA) is 84.2 Å². The number of thiocarbonyl (C=S) groups is 1. The van der Waals surface area contributed by atoms with E-state index >= 15 is 0 Å². The van der Waals surface area contributed by atoms with Crippen molar-refractivity contribution < 1.29 is 9.59 Å². The molecule has 9 heteroatoms. The summed E-state index contributed by atoms with van der Waals surface area (Å²) in [6, 6.07) is 4.56. The molecule has 0 unspecified atom stereocenters. The lowest BCUT2D eigenvalue weighted by Gasteiger charge is -2.18. The number of benzene rings is 1. The Bertz CT molecular complexity index is 943. The van der Waals surface area contributed by atoms with Crippen LogP contribution in [-0.4, -0.2) is 16.9 Å². The highest BCUT2D eigenvalue weighted by atomic mass is 35.5. The molecule has 4 N–H and O–H groups in total. The Hall–Kier alpha value is -1.67. The summed E-state index contributed by atoms with van der Waals surface area (Å²) in [6.45, 7) is 2.18. The van der Waals surface area contributed by atoms with E-state index in [2.05, 4.69) is 17.6 Å². The van der Waals surface area contributed by atoms with Crippen molar-refractivity contribution in [2.24, 2.45) is 11.7 Å². The summed E-state index contributed by atoms with van der Waals surface area (Å²) in [4.78, 5) is 25.5. The van der Waals surface area contributed by atoms with Gasteiger partial charge in [-0.3, -0.25) is 14.9 Å². The van der Waals surface area contributed by atoms with Crippen LogP contribution in [0.1, 0.15) is 44.5 Å². The fourth-order valence-corrected chi connectivity index (χ4v) is 5.25. The maximum Gasteiger partial charge on any atom is 0.258 e. The Kier molecular flexibility index (Phi) is 6.05. The summed E-state index contributed by atoms with van der Waals surface area (Å²) in [5.74, 6) is -0.410. The summed E-state index contributed by atoms with van der Waals surface area (Å²) in [6.07, 6.45) is 2.73. The van der Waals surface area contributed by atoms with Gasteiger partial charge in [0.15, 0.2) is 5.11 Å². The molecule has 2 amide bonds. The van der Waals surface area contributed by atoms with Crippen LogP contribution in [0.4, 0.5) is 5.00 Å². The predicted octanol–water partition coefficient (Wildman–Crippen LogP) is 4.41. The predicted molar refractivity (Wildman–Crippen MR) is 114 cm³/mol. The molecule has 27 heavy (non-hydrogen) atoms. The quantitative estimate of drug-likeness (QED) is 0.615. The fourth-order valence-electron chi connectivity index (χ4n) is 3.08. The van der Waals surface area contributed by atoms with Gasteiger partial charge in [-0.05, 0) is 61.2 Å². The number of amides is 2. The molecule has 1 aliphatic carbocycles. The third kappa shape index (κ3) is 4.43. The van der Waals surface area contributed by atoms with Gasteiger partial charge in [-0.1, -0.05) is 30.1 Å². The zero-order valence-corrected chi connectivity index (χ0v) is 17.5. The van der Waals surface area contributed by atoms with Gasteiger partial charge in [-0.2, -0.15) is 0 Å². The van der Waals surface area contributed by atoms with E-state index in [0.29, 0.717) is 21.5 Å². The third-order valence-electron chi connectivity index (χ3n) is 4.39. The van der Waals surface area contributed by atoms with Crippen molar-refractivity contribution in [3.8, 4) is 0 Å². The monoisotopic (exact) mass is 441 g/mol. The number of hydrogen-bond donors (Lipinski definition) is 3. The normalized spacial score (nSPS) is 15.7. The average molecular weight is 442 g/mol. The van der Waals surface area contributed by atoms with Crippen LogP contribution in [0.2, 0.25) is 10.0 Å². The average Bonchev–Trinajstić information content (AvgIpc) is 2.91. The van der Waals surface area contributed by atoms with E-state index in [1.807, 2.05) is 0 Å². The van der Waals surface area contributed by atoms with E-state index < -0.39 is 11.8 Å². The zero-order valence-electron chi connectivity index (χ0n) is 14.4. The number of hydrogen-bond acceptors (Lipinski definition) is 4. The largest absolute Gasteiger partial charge is 0.365 e. The van der Waals surface area contributed by atoms with Gasteiger partial charge in [-0.15, -0.1) is 11.3 Å². The lowest BCUT2D eigenvalue weighted by molar-refractivity contribution is 0.0975. The molecule has 0 saturated heterocycles. The first-order chi connectivity index (χ1) is 12.8. The van der Waals surface area contributed by atoms with Gasteiger partial charge in [0.25, 0.3) is 11.8 Å². The van der Waals surface area contributed by atoms with Gasteiger partial charge < -0.3 is 11.1 Å². The van der Waals surface area contributed by atoms with Gasteiger partial charge in [-0.25, -0.2) is 0 Å². The molecule has 1 heterocycles. The lowest BCUT2D eigenvalue weighted by atomic mass is 9.88. The Balaban J connectivity index is 1.78. The van der Waals surface area contributed by atoms with Crippen molar-refractivity contribution in [3.05, 3.63) is 49.8 Å². The Morgan fingerprint density at radius 1 is 1.33 bits per heavy atom. The van der Waals surface area contributed by atoms with Crippen LogP contribution in [0.25, 0.3) is 0 Å². The standard InChI is InChI=1S/C18H17Cl2N3O2S2/c1-8-2-4-11-13(6-8)27-17(14(11)15(21)24)23-18(26)22-16(25)10-5-3-9(19)7-12(10)20/h3,5,7-8H,2,4,6H2,1H3,(H2,21,24)(H2,22,23,25,26)/t8-/m0/s1. The van der Waals surface area contributed by atoms with Gasteiger partial charge in [0, 0.05) is 9.90 Å². The SMILES string of the molecule is C[C@H]1CCc2c(sc(NC(=S)NC(=O)c3ccc(Cl)cc3Cl)c2C(N)=O)C1. The van der Waals surface area contributed by atoms with Crippen LogP contribution in [-0.2, 0) is 12.8 Å². The van der Waals surface area contributed by atoms with Crippen molar-refractivity contribution in [2.45, 2.75) is 26.2 Å². The molecule has 1 atom stereocenters. The summed E-state index contributed by atoms with van der Waals surface area (Å²) in [7, 11) is 0. The van der Waals surface area contributed by atoms with E-state index in [0.717, 1.165) is 29.7 Å². The molecule has 142 valence electrons. The molecule has 1 aromatic carbocycles. The number of carbonyl (C=O) groups is 2. The second-order valence-electron chi connectivity index (χ2n) is 6.45. The number of carbonyl (C=O) groups excluding carboxylic acids is 2. The van der Waals surface area contributed by atoms with Crippen LogP contribution >= 0.6 is 46.8 Å². The smallest absolute Gasteiger partial charge is 0.258 e. The maximum atomic E-state index is 12.4. The molecule has 0 saturated carbocycles. The van der Waals surface area contributed by atoms with Gasteiger partial charge >= 0.3 is 0 Å². The van der Waals surface area contributed by atoms with E-state index in [9.17, 15) is 9.59 Å². The molecule has 5 nitrogen and oxygen atoms in total. The van der Waals surface area contributed by atoms with Crippen molar-refractivity contribution in [1.82, 2.24) is 5.32 Å². The van der Waals surface area contributed by atoms with Crippen LogP contribution < -0.4 is 16.4 Å². The Morgan fingerprint density at radius 3 is 2.74 bits per heavy atom. The number of primary amides is 1. The number of thiophene rings is 1. The molecule has 0 fully saturated rings. The number of halogens is 2. The molecule has 0 aliphatic heterocycles. The Labute approximate surface area is 176 Å². The number of nitrogens with one attached hydrogen (secondary N) is 2. The van der Waals surface area contributed by atoms with Crippen molar-refractivity contribution in [2.75, 3.05) is 5.32 Å². The highest BCUT2D eigenvalue weighted by Crippen LogP contribution is 2.39. The minimum atomic E-state index is -0.501. The summed E-state index contributed by atoms with van der Waals surface area (Å²) in [5, 5.41) is 6.80. The van der Waals surface area contributed by atoms with E-state index in [4.69, 9.17) is 41.2 Å². The first kappa shape index (κ1) is 20.1. The minimum Gasteiger partial charge on any atom is -0.365 e. The van der Waals surface area contributed by atoms with Crippen molar-refractivity contribution in [1.29, 1.82) is 0 Å². The molecule has 1 aliphatic rings. The number of fused-ring (bicyclic) bond motifs is 1. The second kappa shape index (κ2) is 8.14. The molecular formula is C18H17Cl2N3O2S2. The molecular weight excluding hydrogens is 425 g/mol. The second-order valence-corrected chi connectivity index (χ2v) is 8.81. The van der Waals surface area contributed by atoms with E-state index in [-0.39, 0.29) is 15.7 Å². The first-order valence-corrected chi connectivity index (χ1v) is 10.3. The zero-order chi connectivity index (χ0) is 19.7. The van der Waals surface area contributed by atoms with Gasteiger partial charge in [0.1, 0.15) is 5.00 Å². The van der Waals surface area contributed by atoms with Crippen LogP contribution in [0.15, 0.2) is 18.2 Å². The van der Waals surface area contributed by atoms with Crippen LogP contribution in [0.3, 0.4) is 0 Å². The molecule has 1 aromatic heterocycles. The fraction of sp³-hybridized carbons (Fsp3) is 0.278. The van der Waals surface area contributed by atoms with Gasteiger partial charge in [0.2, 0.25) is 0 Å². The summed E-state index contributed by atoms with van der Waals surface area (Å²) < 4.78 is 0. The van der Waals surface area contributed by atoms with Crippen LogP contribution in [0.5, 0.6) is 0 Å². The summed E-state index contributed by atoms with van der Waals surface area (Å²) in [5.41, 5.74) is 7.29. The molecule has 0 bridgehead atoms. The number of rotatable bonds is 3. The highest BCUT2D eigenvalue weighted by Gasteiger charge is 2.27. The Morgan fingerprint density at radius 2 is 2.07 bits per heavy atom. The maximum absolute atomic E-state index is 12.4.